The third-order valence-electron chi connectivity index (χ3n) is 3.78. The van der Waals surface area contributed by atoms with E-state index in [2.05, 4.69) is 13.0 Å². The van der Waals surface area contributed by atoms with E-state index in [0.717, 1.165) is 36.3 Å². The summed E-state index contributed by atoms with van der Waals surface area (Å²) in [6.07, 6.45) is 6.53. The molecule has 0 unspecified atom stereocenters. The lowest BCUT2D eigenvalue weighted by atomic mass is 9.85. The molecule has 3 nitrogen and oxygen atoms in total. The summed E-state index contributed by atoms with van der Waals surface area (Å²) in [7, 11) is 1.47. The minimum Gasteiger partial charge on any atom is -0.504 e. The highest BCUT2D eigenvalue weighted by Crippen LogP contribution is 2.43. The van der Waals surface area contributed by atoms with Crippen molar-refractivity contribution in [3.05, 3.63) is 23.8 Å². The number of benzene rings is 1. The molecular formula is C15H20O3. The Morgan fingerprint density at radius 1 is 1.28 bits per heavy atom. The van der Waals surface area contributed by atoms with Crippen molar-refractivity contribution >= 4 is 5.57 Å². The van der Waals surface area contributed by atoms with E-state index in [1.165, 1.54) is 13.5 Å². The van der Waals surface area contributed by atoms with Crippen molar-refractivity contribution < 1.29 is 14.9 Å². The van der Waals surface area contributed by atoms with Gasteiger partial charge < -0.3 is 14.9 Å². The number of phenolic OH excluding ortho intramolecular Hbond substituents is 2. The number of aromatic hydroxyl groups is 2. The molecule has 18 heavy (non-hydrogen) atoms. The van der Waals surface area contributed by atoms with Gasteiger partial charge >= 0.3 is 0 Å². The van der Waals surface area contributed by atoms with Crippen LogP contribution in [0.25, 0.3) is 5.57 Å². The van der Waals surface area contributed by atoms with Gasteiger partial charge in [-0.1, -0.05) is 19.4 Å². The minimum atomic E-state index is -0.173. The van der Waals surface area contributed by atoms with Crippen molar-refractivity contribution in [3.63, 3.8) is 0 Å². The normalized spacial score (nSPS) is 19.4. The highest BCUT2D eigenvalue weighted by molar-refractivity contribution is 5.74. The largest absolute Gasteiger partial charge is 0.504 e. The van der Waals surface area contributed by atoms with Gasteiger partial charge in [-0.25, -0.2) is 0 Å². The molecule has 0 radical (unpaired) electrons. The molecule has 0 aliphatic heterocycles. The van der Waals surface area contributed by atoms with Crippen LogP contribution in [-0.2, 0) is 0 Å². The zero-order valence-corrected chi connectivity index (χ0v) is 10.9. The van der Waals surface area contributed by atoms with Gasteiger partial charge in [0.05, 0.1) is 7.11 Å². The minimum absolute atomic E-state index is 0.0736. The molecule has 98 valence electrons. The topological polar surface area (TPSA) is 49.7 Å². The average Bonchev–Trinajstić information content (AvgIpc) is 2.42. The molecule has 0 saturated heterocycles. The lowest BCUT2D eigenvalue weighted by Gasteiger charge is -2.21. The van der Waals surface area contributed by atoms with Crippen molar-refractivity contribution in [2.24, 2.45) is 5.92 Å². The van der Waals surface area contributed by atoms with Crippen LogP contribution >= 0.6 is 0 Å². The van der Waals surface area contributed by atoms with Gasteiger partial charge in [-0.15, -0.1) is 0 Å². The van der Waals surface area contributed by atoms with Crippen LogP contribution in [0.5, 0.6) is 17.2 Å². The highest BCUT2D eigenvalue weighted by atomic mass is 16.5. The Morgan fingerprint density at radius 2 is 2.06 bits per heavy atom. The van der Waals surface area contributed by atoms with E-state index < -0.39 is 0 Å². The van der Waals surface area contributed by atoms with Crippen molar-refractivity contribution in [2.45, 2.75) is 32.6 Å². The molecule has 0 aromatic heterocycles. The number of methoxy groups -OCH3 is 1. The lowest BCUT2D eigenvalue weighted by Crippen LogP contribution is -2.04. The van der Waals surface area contributed by atoms with Gasteiger partial charge in [0.2, 0.25) is 5.75 Å². The molecule has 3 heteroatoms. The summed E-state index contributed by atoms with van der Waals surface area (Å²) >= 11 is 0. The maximum Gasteiger partial charge on any atom is 0.201 e. The number of ether oxygens (including phenoxy) is 1. The number of rotatable bonds is 3. The summed E-state index contributed by atoms with van der Waals surface area (Å²) < 4.78 is 4.97. The van der Waals surface area contributed by atoms with Crippen LogP contribution in [0.4, 0.5) is 0 Å². The summed E-state index contributed by atoms with van der Waals surface area (Å²) in [5.41, 5.74) is 1.85. The van der Waals surface area contributed by atoms with Gasteiger partial charge in [0.1, 0.15) is 0 Å². The van der Waals surface area contributed by atoms with Crippen molar-refractivity contribution in [3.8, 4) is 17.2 Å². The Labute approximate surface area is 108 Å². The zero-order chi connectivity index (χ0) is 13.1. The molecular weight excluding hydrogens is 228 g/mol. The first-order valence-electron chi connectivity index (χ1n) is 6.45. The van der Waals surface area contributed by atoms with Crippen molar-refractivity contribution in [2.75, 3.05) is 7.11 Å². The fourth-order valence-electron chi connectivity index (χ4n) is 2.49. The Bertz CT molecular complexity index is 463. The van der Waals surface area contributed by atoms with Gasteiger partial charge in [0, 0.05) is 5.56 Å². The van der Waals surface area contributed by atoms with Crippen molar-refractivity contribution in [1.82, 2.24) is 0 Å². The third kappa shape index (κ3) is 2.30. The summed E-state index contributed by atoms with van der Waals surface area (Å²) in [6.45, 7) is 2.21. The van der Waals surface area contributed by atoms with E-state index in [4.69, 9.17) is 4.74 Å². The standard InChI is InChI=1S/C15H20O3/c1-3-10-4-6-11(7-5-10)12-8-9-13(18-2)15(17)14(12)16/h6,8-10,16-17H,3-5,7H2,1-2H3/t10-/m1/s1. The average molecular weight is 248 g/mol. The monoisotopic (exact) mass is 248 g/mol. The molecule has 1 atom stereocenters. The molecule has 0 bridgehead atoms. The molecule has 0 spiro atoms. The number of hydrogen-bond acceptors (Lipinski definition) is 3. The molecule has 0 fully saturated rings. The van der Waals surface area contributed by atoms with Gasteiger partial charge in [0.15, 0.2) is 11.5 Å². The fourth-order valence-corrected chi connectivity index (χ4v) is 2.49. The molecule has 0 saturated carbocycles. The van der Waals surface area contributed by atoms with Crippen LogP contribution < -0.4 is 4.74 Å². The third-order valence-corrected chi connectivity index (χ3v) is 3.78. The highest BCUT2D eigenvalue weighted by Gasteiger charge is 2.19. The van der Waals surface area contributed by atoms with E-state index >= 15 is 0 Å². The summed E-state index contributed by atoms with van der Waals surface area (Å²) in [5, 5.41) is 19.8. The predicted octanol–water partition coefficient (Wildman–Crippen LogP) is 3.70. The number of phenols is 2. The number of hydrogen-bond donors (Lipinski definition) is 2. The van der Waals surface area contributed by atoms with E-state index in [1.807, 2.05) is 6.07 Å². The Kier molecular flexibility index (Phi) is 3.80. The Balaban J connectivity index is 2.30. The maximum atomic E-state index is 10.0. The molecule has 0 amide bonds. The van der Waals surface area contributed by atoms with E-state index in [0.29, 0.717) is 5.75 Å². The van der Waals surface area contributed by atoms with Crippen LogP contribution in [0, 0.1) is 5.92 Å². The molecule has 1 aromatic carbocycles. The summed E-state index contributed by atoms with van der Waals surface area (Å²) in [6, 6.07) is 3.50. The van der Waals surface area contributed by atoms with E-state index in [9.17, 15) is 10.2 Å². The number of allylic oxidation sites excluding steroid dienone is 2. The smallest absolute Gasteiger partial charge is 0.201 e. The Hall–Kier alpha value is -1.64. The molecule has 1 aliphatic carbocycles. The molecule has 0 heterocycles. The van der Waals surface area contributed by atoms with Crippen LogP contribution in [0.15, 0.2) is 18.2 Å². The van der Waals surface area contributed by atoms with Gasteiger partial charge in [-0.3, -0.25) is 0 Å². The fraction of sp³-hybridized carbons (Fsp3) is 0.467. The lowest BCUT2D eigenvalue weighted by molar-refractivity contribution is 0.350. The van der Waals surface area contributed by atoms with Gasteiger partial charge in [-0.2, -0.15) is 0 Å². The van der Waals surface area contributed by atoms with Crippen LogP contribution in [0.3, 0.4) is 0 Å². The van der Waals surface area contributed by atoms with E-state index in [-0.39, 0.29) is 11.5 Å². The summed E-state index contributed by atoms with van der Waals surface area (Å²) in [5.74, 6) is 0.811. The van der Waals surface area contributed by atoms with E-state index in [1.54, 1.807) is 6.07 Å². The maximum absolute atomic E-state index is 10.0. The second-order valence-corrected chi connectivity index (χ2v) is 4.79. The van der Waals surface area contributed by atoms with Gasteiger partial charge in [0.25, 0.3) is 0 Å². The molecule has 2 rings (SSSR count). The van der Waals surface area contributed by atoms with Crippen LogP contribution in [0.2, 0.25) is 0 Å². The van der Waals surface area contributed by atoms with Crippen molar-refractivity contribution in [1.29, 1.82) is 0 Å². The predicted molar refractivity (Wildman–Crippen MR) is 71.9 cm³/mol. The second-order valence-electron chi connectivity index (χ2n) is 4.79. The molecule has 2 N–H and O–H groups in total. The van der Waals surface area contributed by atoms with Crippen LogP contribution in [-0.4, -0.2) is 17.3 Å². The zero-order valence-electron chi connectivity index (χ0n) is 10.9. The molecule has 1 aromatic rings. The second kappa shape index (κ2) is 5.34. The summed E-state index contributed by atoms with van der Waals surface area (Å²) in [4.78, 5) is 0. The molecule has 1 aliphatic rings. The first-order valence-corrected chi connectivity index (χ1v) is 6.45. The SMILES string of the molecule is CC[C@@H]1CC=C(c2ccc(OC)c(O)c2O)CC1. The first-order chi connectivity index (χ1) is 8.67. The quantitative estimate of drug-likeness (QED) is 0.802. The van der Waals surface area contributed by atoms with Gasteiger partial charge in [-0.05, 0) is 42.9 Å². The first kappa shape index (κ1) is 12.8. The van der Waals surface area contributed by atoms with Crippen LogP contribution in [0.1, 0.15) is 38.2 Å². The Morgan fingerprint density at radius 3 is 2.61 bits per heavy atom.